The quantitative estimate of drug-likeness (QED) is 0.288. The molecule has 1 unspecified atom stereocenters. The molecule has 5 nitrogen and oxygen atoms in total. The molecule has 5 aromatic rings. The Morgan fingerprint density at radius 2 is 1.54 bits per heavy atom. The van der Waals surface area contributed by atoms with Crippen LogP contribution in [0.25, 0.3) is 33.2 Å². The molecule has 2 aromatic heterocycles. The van der Waals surface area contributed by atoms with Crippen LogP contribution in [0.3, 0.4) is 0 Å². The summed E-state index contributed by atoms with van der Waals surface area (Å²) >= 11 is 0. The van der Waals surface area contributed by atoms with E-state index in [2.05, 4.69) is 66.1 Å². The van der Waals surface area contributed by atoms with Crippen molar-refractivity contribution in [2.45, 2.75) is 39.8 Å². The van der Waals surface area contributed by atoms with Gasteiger partial charge in [0, 0.05) is 25.2 Å². The van der Waals surface area contributed by atoms with E-state index in [-0.39, 0.29) is 5.56 Å². The van der Waals surface area contributed by atoms with Gasteiger partial charge in [0.25, 0.3) is 5.56 Å². The number of aryl methyl sites for hydroxylation is 1. The molecule has 0 saturated carbocycles. The van der Waals surface area contributed by atoms with Gasteiger partial charge >= 0.3 is 0 Å². The molecule has 5 heteroatoms. The second kappa shape index (κ2) is 10.2. The summed E-state index contributed by atoms with van der Waals surface area (Å²) in [6.07, 6.45) is 2.27. The molecule has 0 amide bonds. The average molecular weight is 492 g/mol. The van der Waals surface area contributed by atoms with E-state index in [1.807, 2.05) is 42.5 Å². The van der Waals surface area contributed by atoms with Gasteiger partial charge in [0.2, 0.25) is 0 Å². The van der Waals surface area contributed by atoms with Crippen molar-refractivity contribution in [1.29, 1.82) is 0 Å². The third-order valence-electron chi connectivity index (χ3n) is 6.83. The first kappa shape index (κ1) is 24.7. The van der Waals surface area contributed by atoms with E-state index in [0.29, 0.717) is 17.8 Å². The average Bonchev–Trinajstić information content (AvgIpc) is 3.27. The van der Waals surface area contributed by atoms with Crippen LogP contribution in [0.1, 0.15) is 43.7 Å². The van der Waals surface area contributed by atoms with Gasteiger partial charge in [-0.15, -0.1) is 0 Å². The summed E-state index contributed by atoms with van der Waals surface area (Å²) in [5, 5.41) is 16.5. The van der Waals surface area contributed by atoms with Crippen LogP contribution in [0, 0.1) is 5.92 Å². The van der Waals surface area contributed by atoms with Gasteiger partial charge in [-0.05, 0) is 53.1 Å². The summed E-state index contributed by atoms with van der Waals surface area (Å²) in [6, 6.07) is 26.8. The highest BCUT2D eigenvalue weighted by atomic mass is 16.3. The summed E-state index contributed by atoms with van der Waals surface area (Å²) in [7, 11) is 1.72. The van der Waals surface area contributed by atoms with Crippen molar-refractivity contribution >= 4 is 10.8 Å². The molecule has 188 valence electrons. The van der Waals surface area contributed by atoms with Gasteiger partial charge in [0.1, 0.15) is 0 Å². The van der Waals surface area contributed by atoms with Gasteiger partial charge in [0.05, 0.1) is 22.9 Å². The molecule has 1 atom stereocenters. The third kappa shape index (κ3) is 5.00. The number of benzene rings is 3. The minimum atomic E-state index is -0.596. The molecule has 37 heavy (non-hydrogen) atoms. The second-order valence-electron chi connectivity index (χ2n) is 10.2. The van der Waals surface area contributed by atoms with Crippen molar-refractivity contribution < 1.29 is 5.11 Å². The molecule has 0 aliphatic rings. The minimum absolute atomic E-state index is 0.113. The largest absolute Gasteiger partial charge is 0.389 e. The smallest absolute Gasteiger partial charge is 0.276 e. The highest BCUT2D eigenvalue weighted by Crippen LogP contribution is 2.33. The molecule has 0 aliphatic carbocycles. The molecule has 0 spiro atoms. The predicted octanol–water partition coefficient (Wildman–Crippen LogP) is 6.37. The van der Waals surface area contributed by atoms with Crippen LogP contribution in [0.5, 0.6) is 0 Å². The summed E-state index contributed by atoms with van der Waals surface area (Å²) in [6.45, 7) is 6.70. The highest BCUT2D eigenvalue weighted by Gasteiger charge is 2.21. The minimum Gasteiger partial charge on any atom is -0.389 e. The second-order valence-corrected chi connectivity index (χ2v) is 10.2. The number of fused-ring (bicyclic) bond motifs is 1. The fourth-order valence-electron chi connectivity index (χ4n) is 4.98. The first-order valence-electron chi connectivity index (χ1n) is 12.8. The molecule has 1 N–H and O–H groups in total. The van der Waals surface area contributed by atoms with Gasteiger partial charge in [-0.3, -0.25) is 4.79 Å². The first-order chi connectivity index (χ1) is 17.8. The Kier molecular flexibility index (Phi) is 6.81. The maximum absolute atomic E-state index is 13.5. The molecule has 2 heterocycles. The Labute approximate surface area is 217 Å². The summed E-state index contributed by atoms with van der Waals surface area (Å²) in [5.74, 6) is 0.407. The van der Waals surface area contributed by atoms with E-state index in [0.717, 1.165) is 39.9 Å². The number of nitrogens with zero attached hydrogens (tertiary/aromatic N) is 3. The molecular weight excluding hydrogens is 458 g/mol. The topological polar surface area (TPSA) is 60.1 Å². The number of aliphatic hydroxyl groups is 1. The van der Waals surface area contributed by atoms with Gasteiger partial charge in [-0.1, -0.05) is 86.6 Å². The SMILES string of the molecule is CC(C)Cc1nn(C)c(=O)c2c(-c3cccc(C(C)O)c3)n(Cc3ccc(-c4ccccc4)cc3)cc12. The first-order valence-corrected chi connectivity index (χ1v) is 12.8. The molecular formula is C32H33N3O2. The lowest BCUT2D eigenvalue weighted by Crippen LogP contribution is -2.22. The van der Waals surface area contributed by atoms with Crippen molar-refractivity contribution in [3.63, 3.8) is 0 Å². The van der Waals surface area contributed by atoms with E-state index in [1.54, 1.807) is 14.0 Å². The predicted molar refractivity (Wildman–Crippen MR) is 151 cm³/mol. The van der Waals surface area contributed by atoms with Crippen LogP contribution in [-0.4, -0.2) is 19.5 Å². The third-order valence-corrected chi connectivity index (χ3v) is 6.83. The van der Waals surface area contributed by atoms with E-state index < -0.39 is 6.10 Å². The molecule has 3 aromatic carbocycles. The molecule has 5 rings (SSSR count). The van der Waals surface area contributed by atoms with Crippen molar-refractivity contribution in [1.82, 2.24) is 14.3 Å². The number of hydrogen-bond donors (Lipinski definition) is 1. The Morgan fingerprint density at radius 1 is 0.865 bits per heavy atom. The summed E-state index contributed by atoms with van der Waals surface area (Å²) in [5.41, 5.74) is 6.90. The highest BCUT2D eigenvalue weighted by molar-refractivity contribution is 5.97. The monoisotopic (exact) mass is 491 g/mol. The fourth-order valence-corrected chi connectivity index (χ4v) is 4.98. The standard InChI is InChI=1S/C32H33N3O2/c1-21(2)17-29-28-20-35(19-23-13-15-25(16-14-23)24-9-6-5-7-10-24)31(30(28)32(37)34(4)33-29)27-12-8-11-26(18-27)22(3)36/h5-16,18,20-22,36H,17,19H2,1-4H3. The lowest BCUT2D eigenvalue weighted by molar-refractivity contribution is 0.199. The number of aromatic nitrogens is 3. The fraction of sp³-hybridized carbons (Fsp3) is 0.250. The Bertz CT molecular complexity index is 1590. The van der Waals surface area contributed by atoms with Crippen LogP contribution < -0.4 is 5.56 Å². The Hall–Kier alpha value is -3.96. The lowest BCUT2D eigenvalue weighted by Gasteiger charge is -2.13. The maximum atomic E-state index is 13.5. The van der Waals surface area contributed by atoms with Gasteiger partial charge in [-0.2, -0.15) is 5.10 Å². The van der Waals surface area contributed by atoms with Crippen molar-refractivity contribution in [2.24, 2.45) is 13.0 Å². The van der Waals surface area contributed by atoms with Crippen molar-refractivity contribution in [3.8, 4) is 22.4 Å². The zero-order chi connectivity index (χ0) is 26.1. The summed E-state index contributed by atoms with van der Waals surface area (Å²) in [4.78, 5) is 13.5. The van der Waals surface area contributed by atoms with Crippen molar-refractivity contribution in [2.75, 3.05) is 0 Å². The van der Waals surface area contributed by atoms with E-state index in [1.165, 1.54) is 15.8 Å². The summed E-state index contributed by atoms with van der Waals surface area (Å²) < 4.78 is 3.62. The van der Waals surface area contributed by atoms with Crippen molar-refractivity contribution in [3.05, 3.63) is 112 Å². The van der Waals surface area contributed by atoms with Crippen LogP contribution in [0.2, 0.25) is 0 Å². The van der Waals surface area contributed by atoms with Crippen LogP contribution in [0.15, 0.2) is 89.9 Å². The van der Waals surface area contributed by atoms with E-state index in [4.69, 9.17) is 0 Å². The molecule has 0 radical (unpaired) electrons. The van der Waals surface area contributed by atoms with Gasteiger partial charge in [0.15, 0.2) is 0 Å². The molecule has 0 bridgehead atoms. The zero-order valence-electron chi connectivity index (χ0n) is 21.8. The van der Waals surface area contributed by atoms with Gasteiger partial charge < -0.3 is 9.67 Å². The van der Waals surface area contributed by atoms with E-state index in [9.17, 15) is 9.90 Å². The molecule has 0 fully saturated rings. The van der Waals surface area contributed by atoms with E-state index >= 15 is 0 Å². The molecule has 0 saturated heterocycles. The molecule has 0 aliphatic heterocycles. The lowest BCUT2D eigenvalue weighted by atomic mass is 10.0. The maximum Gasteiger partial charge on any atom is 0.276 e. The number of hydrogen-bond acceptors (Lipinski definition) is 3. The Balaban J connectivity index is 1.67. The van der Waals surface area contributed by atoms with Gasteiger partial charge in [-0.25, -0.2) is 4.68 Å². The zero-order valence-corrected chi connectivity index (χ0v) is 21.8. The number of aliphatic hydroxyl groups excluding tert-OH is 1. The number of rotatable bonds is 7. The van der Waals surface area contributed by atoms with Crippen LogP contribution in [0.4, 0.5) is 0 Å². The Morgan fingerprint density at radius 3 is 2.22 bits per heavy atom. The van der Waals surface area contributed by atoms with Crippen LogP contribution in [-0.2, 0) is 20.0 Å². The normalized spacial score (nSPS) is 12.4. The van der Waals surface area contributed by atoms with Crippen LogP contribution >= 0.6 is 0 Å².